The lowest BCUT2D eigenvalue weighted by Gasteiger charge is -2.07. The molecule has 1 aromatic heterocycles. The van der Waals surface area contributed by atoms with Crippen LogP contribution in [0.25, 0.3) is 0 Å². The van der Waals surface area contributed by atoms with E-state index in [0.717, 1.165) is 16.0 Å². The highest BCUT2D eigenvalue weighted by molar-refractivity contribution is 7.89. The first-order valence-electron chi connectivity index (χ1n) is 6.69. The summed E-state index contributed by atoms with van der Waals surface area (Å²) in [7, 11) is -3.61. The highest BCUT2D eigenvalue weighted by Gasteiger charge is 2.28. The highest BCUT2D eigenvalue weighted by atomic mass is 32.2. The van der Waals surface area contributed by atoms with Gasteiger partial charge in [-0.05, 0) is 53.7 Å². The van der Waals surface area contributed by atoms with E-state index in [1.807, 2.05) is 0 Å². The van der Waals surface area contributed by atoms with Gasteiger partial charge in [0.2, 0.25) is 10.0 Å². The first-order chi connectivity index (χ1) is 10.5. The van der Waals surface area contributed by atoms with Gasteiger partial charge in [-0.1, -0.05) is 6.07 Å². The Labute approximate surface area is 132 Å². The number of fused-ring (bicyclic) bond motifs is 1. The molecule has 22 heavy (non-hydrogen) atoms. The normalized spacial score (nSPS) is 17.4. The van der Waals surface area contributed by atoms with Gasteiger partial charge in [0, 0.05) is 17.6 Å². The zero-order valence-electron chi connectivity index (χ0n) is 11.5. The molecule has 2 aromatic rings. The van der Waals surface area contributed by atoms with Crippen LogP contribution < -0.4 is 4.72 Å². The molecule has 3 rings (SSSR count). The molecule has 8 heteroatoms. The molecule has 0 saturated heterocycles. The molecule has 2 N–H and O–H groups in total. The lowest BCUT2D eigenvalue weighted by molar-refractivity contribution is -0.141. The fourth-order valence-corrected chi connectivity index (χ4v) is 4.18. The average molecular weight is 338 g/mol. The summed E-state index contributed by atoms with van der Waals surface area (Å²) in [6.07, 6.45) is 2.46. The minimum absolute atomic E-state index is 0.168. The van der Waals surface area contributed by atoms with Gasteiger partial charge in [-0.2, -0.15) is 0 Å². The summed E-state index contributed by atoms with van der Waals surface area (Å²) in [6, 6.07) is 6.57. The molecule has 1 aromatic carbocycles. The van der Waals surface area contributed by atoms with Crippen LogP contribution in [0, 0.1) is 5.92 Å². The van der Waals surface area contributed by atoms with E-state index in [0.29, 0.717) is 12.8 Å². The number of nitrogens with zero attached hydrogens (tertiary/aromatic N) is 1. The van der Waals surface area contributed by atoms with Crippen LogP contribution in [0.15, 0.2) is 35.4 Å². The van der Waals surface area contributed by atoms with Gasteiger partial charge in [0.15, 0.2) is 0 Å². The van der Waals surface area contributed by atoms with E-state index in [9.17, 15) is 13.2 Å². The van der Waals surface area contributed by atoms with Crippen LogP contribution in [-0.2, 0) is 34.2 Å². The van der Waals surface area contributed by atoms with Gasteiger partial charge in [-0.15, -0.1) is 0 Å². The minimum Gasteiger partial charge on any atom is -0.481 e. The number of hydrogen-bond acceptors (Lipinski definition) is 5. The Hall–Kier alpha value is -1.77. The molecule has 0 bridgehead atoms. The molecule has 0 saturated carbocycles. The third-order valence-electron chi connectivity index (χ3n) is 3.70. The van der Waals surface area contributed by atoms with E-state index in [-0.39, 0.29) is 11.4 Å². The van der Waals surface area contributed by atoms with Crippen LogP contribution in [0.4, 0.5) is 0 Å². The van der Waals surface area contributed by atoms with E-state index < -0.39 is 21.9 Å². The molecular formula is C14H14N2O4S2. The summed E-state index contributed by atoms with van der Waals surface area (Å²) < 4.78 is 31.0. The Morgan fingerprint density at radius 3 is 2.77 bits per heavy atom. The van der Waals surface area contributed by atoms with Crippen molar-refractivity contribution < 1.29 is 18.3 Å². The first-order valence-corrected chi connectivity index (χ1v) is 8.95. The van der Waals surface area contributed by atoms with Crippen LogP contribution >= 0.6 is 11.5 Å². The largest absolute Gasteiger partial charge is 0.481 e. The summed E-state index contributed by atoms with van der Waals surface area (Å²) in [5.74, 6) is -1.30. The molecule has 0 aliphatic heterocycles. The van der Waals surface area contributed by atoms with Crippen molar-refractivity contribution in [3.63, 3.8) is 0 Å². The van der Waals surface area contributed by atoms with Gasteiger partial charge in [0.25, 0.3) is 0 Å². The molecule has 0 amide bonds. The first kappa shape index (κ1) is 15.1. The molecule has 0 spiro atoms. The van der Waals surface area contributed by atoms with Crippen molar-refractivity contribution in [3.05, 3.63) is 46.5 Å². The van der Waals surface area contributed by atoms with Gasteiger partial charge < -0.3 is 5.11 Å². The SMILES string of the molecule is O=C(O)C1Cc2ccc(S(=O)(=O)NCc3ccns3)cc2C1. The minimum atomic E-state index is -3.61. The van der Waals surface area contributed by atoms with E-state index >= 15 is 0 Å². The third-order valence-corrected chi connectivity index (χ3v) is 5.84. The van der Waals surface area contributed by atoms with Crippen molar-refractivity contribution in [3.8, 4) is 0 Å². The summed E-state index contributed by atoms with van der Waals surface area (Å²) in [5.41, 5.74) is 1.71. The smallest absolute Gasteiger partial charge is 0.307 e. The lowest BCUT2D eigenvalue weighted by Crippen LogP contribution is -2.23. The number of hydrogen-bond donors (Lipinski definition) is 2. The molecule has 1 unspecified atom stereocenters. The number of rotatable bonds is 5. The topological polar surface area (TPSA) is 96.4 Å². The number of aromatic nitrogens is 1. The second-order valence-electron chi connectivity index (χ2n) is 5.18. The number of nitrogens with one attached hydrogen (secondary N) is 1. The molecule has 1 heterocycles. The van der Waals surface area contributed by atoms with Crippen molar-refractivity contribution in [1.29, 1.82) is 0 Å². The summed E-state index contributed by atoms with van der Waals surface area (Å²) in [5, 5.41) is 9.07. The summed E-state index contributed by atoms with van der Waals surface area (Å²) in [6.45, 7) is 0.196. The van der Waals surface area contributed by atoms with Crippen molar-refractivity contribution in [1.82, 2.24) is 9.10 Å². The summed E-state index contributed by atoms with van der Waals surface area (Å²) >= 11 is 1.24. The van der Waals surface area contributed by atoms with E-state index in [1.165, 1.54) is 17.6 Å². The number of sulfonamides is 1. The molecule has 1 atom stereocenters. The van der Waals surface area contributed by atoms with Gasteiger partial charge in [-0.25, -0.2) is 17.5 Å². The second kappa shape index (κ2) is 5.79. The Kier molecular flexibility index (Phi) is 3.98. The van der Waals surface area contributed by atoms with E-state index in [2.05, 4.69) is 9.10 Å². The van der Waals surface area contributed by atoms with Gasteiger partial charge in [0.05, 0.1) is 10.8 Å². The fourth-order valence-electron chi connectivity index (χ4n) is 2.52. The average Bonchev–Trinajstić information content (AvgIpc) is 3.13. The maximum Gasteiger partial charge on any atom is 0.307 e. The van der Waals surface area contributed by atoms with Gasteiger partial charge >= 0.3 is 5.97 Å². The van der Waals surface area contributed by atoms with Crippen molar-refractivity contribution >= 4 is 27.5 Å². The van der Waals surface area contributed by atoms with E-state index in [1.54, 1.807) is 24.4 Å². The Bertz CT molecular complexity index is 800. The quantitative estimate of drug-likeness (QED) is 0.859. The Morgan fingerprint density at radius 1 is 1.32 bits per heavy atom. The monoisotopic (exact) mass is 338 g/mol. The number of carboxylic acid groups (broad SMARTS) is 1. The molecule has 116 valence electrons. The number of benzene rings is 1. The van der Waals surface area contributed by atoms with Crippen LogP contribution in [0.3, 0.4) is 0 Å². The maximum absolute atomic E-state index is 12.3. The summed E-state index contributed by atoms with van der Waals surface area (Å²) in [4.78, 5) is 12.0. The van der Waals surface area contributed by atoms with Crippen LogP contribution in [0.1, 0.15) is 16.0 Å². The lowest BCUT2D eigenvalue weighted by atomic mass is 10.1. The Morgan fingerprint density at radius 2 is 2.09 bits per heavy atom. The standard InChI is InChI=1S/C14H14N2O4S2/c17-14(18)11-5-9-1-2-13(7-10(9)6-11)22(19,20)16-8-12-3-4-15-21-12/h1-4,7,11,16H,5-6,8H2,(H,17,18). The molecule has 6 nitrogen and oxygen atoms in total. The van der Waals surface area contributed by atoms with Crippen molar-refractivity contribution in [2.45, 2.75) is 24.3 Å². The predicted molar refractivity (Wildman–Crippen MR) is 81.1 cm³/mol. The van der Waals surface area contributed by atoms with Crippen LogP contribution in [-0.4, -0.2) is 23.9 Å². The van der Waals surface area contributed by atoms with Gasteiger partial charge in [-0.3, -0.25) is 4.79 Å². The maximum atomic E-state index is 12.3. The predicted octanol–water partition coefficient (Wildman–Crippen LogP) is 1.42. The molecule has 0 fully saturated rings. The molecular weight excluding hydrogens is 324 g/mol. The van der Waals surface area contributed by atoms with Crippen LogP contribution in [0.2, 0.25) is 0 Å². The van der Waals surface area contributed by atoms with Crippen molar-refractivity contribution in [2.75, 3.05) is 0 Å². The van der Waals surface area contributed by atoms with Crippen molar-refractivity contribution in [2.24, 2.45) is 5.92 Å². The zero-order valence-corrected chi connectivity index (χ0v) is 13.2. The van der Waals surface area contributed by atoms with Crippen LogP contribution in [0.5, 0.6) is 0 Å². The highest BCUT2D eigenvalue weighted by Crippen LogP contribution is 2.29. The molecule has 0 radical (unpaired) electrons. The Balaban J connectivity index is 1.78. The second-order valence-corrected chi connectivity index (χ2v) is 7.86. The number of carboxylic acids is 1. The third kappa shape index (κ3) is 3.03. The molecule has 1 aliphatic rings. The van der Waals surface area contributed by atoms with E-state index in [4.69, 9.17) is 5.11 Å². The number of carbonyl (C=O) groups is 1. The van der Waals surface area contributed by atoms with Gasteiger partial charge in [0.1, 0.15) is 0 Å². The fraction of sp³-hybridized carbons (Fsp3) is 0.286. The zero-order chi connectivity index (χ0) is 15.7. The molecule has 1 aliphatic carbocycles. The number of aliphatic carboxylic acids is 1.